The second-order valence-electron chi connectivity index (χ2n) is 12.4. The van der Waals surface area contributed by atoms with Gasteiger partial charge in [0.15, 0.2) is 0 Å². The van der Waals surface area contributed by atoms with Gasteiger partial charge in [-0.2, -0.15) is 0 Å². The van der Waals surface area contributed by atoms with Crippen molar-refractivity contribution in [1.29, 1.82) is 0 Å². The monoisotopic (exact) mass is 761 g/mol. The van der Waals surface area contributed by atoms with Gasteiger partial charge in [0.05, 0.1) is 139 Å². The van der Waals surface area contributed by atoms with Gasteiger partial charge in [0.25, 0.3) is 0 Å². The summed E-state index contributed by atoms with van der Waals surface area (Å²) in [5, 5.41) is 0. The first-order valence-electron chi connectivity index (χ1n) is 20.5. The zero-order valence-corrected chi connectivity index (χ0v) is 33.3. The van der Waals surface area contributed by atoms with E-state index in [-0.39, 0.29) is 0 Å². The molecule has 0 bridgehead atoms. The van der Waals surface area contributed by atoms with Crippen molar-refractivity contribution in [3.8, 4) is 5.75 Å². The minimum absolute atomic E-state index is 0.516. The SMILES string of the molecule is CCCCCCCCCCCCCOCCOCCOCCOCCOCCOCCOCCOCCOCCOCCOCCOc1ccccc1. The van der Waals surface area contributed by atoms with Gasteiger partial charge in [0.2, 0.25) is 0 Å². The van der Waals surface area contributed by atoms with Crippen LogP contribution < -0.4 is 4.74 Å². The highest BCUT2D eigenvalue weighted by molar-refractivity contribution is 5.20. The van der Waals surface area contributed by atoms with Crippen LogP contribution in [0.1, 0.15) is 77.6 Å². The van der Waals surface area contributed by atoms with Gasteiger partial charge < -0.3 is 56.8 Å². The molecule has 0 aromatic heterocycles. The van der Waals surface area contributed by atoms with Gasteiger partial charge in [-0.25, -0.2) is 0 Å². The fourth-order valence-electron chi connectivity index (χ4n) is 4.90. The van der Waals surface area contributed by atoms with Gasteiger partial charge in [-0.05, 0) is 18.6 Å². The Hall–Kier alpha value is -1.42. The van der Waals surface area contributed by atoms with Crippen molar-refractivity contribution in [3.63, 3.8) is 0 Å². The summed E-state index contributed by atoms with van der Waals surface area (Å²) in [6.07, 6.45) is 14.9. The zero-order valence-electron chi connectivity index (χ0n) is 33.3. The summed E-state index contributed by atoms with van der Waals surface area (Å²) in [6, 6.07) is 9.69. The largest absolute Gasteiger partial charge is 0.491 e. The van der Waals surface area contributed by atoms with E-state index in [1.54, 1.807) is 0 Å². The molecule has 0 fully saturated rings. The molecular formula is C41H76O12. The van der Waals surface area contributed by atoms with Crippen LogP contribution in [0.4, 0.5) is 0 Å². The highest BCUT2D eigenvalue weighted by Gasteiger charge is 1.98. The molecule has 0 aliphatic carbocycles. The van der Waals surface area contributed by atoms with E-state index in [1.807, 2.05) is 30.3 Å². The molecule has 0 spiro atoms. The third kappa shape index (κ3) is 41.6. The van der Waals surface area contributed by atoms with Crippen LogP contribution in [0.25, 0.3) is 0 Å². The predicted octanol–water partition coefficient (Wildman–Crippen LogP) is 6.56. The normalized spacial score (nSPS) is 11.5. The number of rotatable bonds is 46. The smallest absolute Gasteiger partial charge is 0.119 e. The van der Waals surface area contributed by atoms with E-state index >= 15 is 0 Å². The van der Waals surface area contributed by atoms with Gasteiger partial charge in [-0.3, -0.25) is 0 Å². The van der Waals surface area contributed by atoms with E-state index in [2.05, 4.69) is 6.92 Å². The molecule has 1 aromatic rings. The molecular weight excluding hydrogens is 684 g/mol. The molecule has 0 aliphatic heterocycles. The molecule has 0 saturated heterocycles. The number of hydrogen-bond donors (Lipinski definition) is 0. The average molecular weight is 761 g/mol. The molecule has 0 radical (unpaired) electrons. The molecule has 312 valence electrons. The van der Waals surface area contributed by atoms with Crippen LogP contribution in [-0.2, 0) is 52.1 Å². The van der Waals surface area contributed by atoms with E-state index in [4.69, 9.17) is 56.8 Å². The fourth-order valence-corrected chi connectivity index (χ4v) is 4.90. The quantitative estimate of drug-likeness (QED) is 0.0672. The summed E-state index contributed by atoms with van der Waals surface area (Å²) < 4.78 is 66.3. The topological polar surface area (TPSA) is 111 Å². The standard InChI is InChI=1S/C41H76O12/c1-2-3-4-5-6-7-8-9-10-11-15-18-42-19-20-43-21-22-44-23-24-45-25-26-46-27-28-47-29-30-48-31-32-49-33-34-50-35-36-51-37-38-52-39-40-53-41-16-13-12-14-17-41/h12-14,16-17H,2-11,15,18-40H2,1H3. The summed E-state index contributed by atoms with van der Waals surface area (Å²) in [4.78, 5) is 0. The highest BCUT2D eigenvalue weighted by Crippen LogP contribution is 2.11. The molecule has 0 unspecified atom stereocenters. The summed E-state index contributed by atoms with van der Waals surface area (Å²) in [5.41, 5.74) is 0. The second kappa shape index (κ2) is 45.0. The highest BCUT2D eigenvalue weighted by atomic mass is 16.6. The van der Waals surface area contributed by atoms with Gasteiger partial charge >= 0.3 is 0 Å². The minimum Gasteiger partial charge on any atom is -0.491 e. The van der Waals surface area contributed by atoms with E-state index in [9.17, 15) is 0 Å². The molecule has 1 aromatic carbocycles. The second-order valence-corrected chi connectivity index (χ2v) is 12.4. The summed E-state index contributed by atoms with van der Waals surface area (Å²) in [6.45, 7) is 14.9. The van der Waals surface area contributed by atoms with Crippen molar-refractivity contribution in [1.82, 2.24) is 0 Å². The lowest BCUT2D eigenvalue weighted by atomic mass is 10.1. The Morgan fingerprint density at radius 1 is 0.264 bits per heavy atom. The van der Waals surface area contributed by atoms with Crippen LogP contribution in [0.2, 0.25) is 0 Å². The van der Waals surface area contributed by atoms with Gasteiger partial charge in [-0.1, -0.05) is 89.3 Å². The minimum atomic E-state index is 0.516. The van der Waals surface area contributed by atoms with Gasteiger partial charge in [0, 0.05) is 6.61 Å². The van der Waals surface area contributed by atoms with Crippen LogP contribution in [0.3, 0.4) is 0 Å². The Kier molecular flexibility index (Phi) is 42.1. The zero-order chi connectivity index (χ0) is 37.6. The van der Waals surface area contributed by atoms with Gasteiger partial charge in [0.1, 0.15) is 12.4 Å². The summed E-state index contributed by atoms with van der Waals surface area (Å²) >= 11 is 0. The molecule has 12 nitrogen and oxygen atoms in total. The van der Waals surface area contributed by atoms with Gasteiger partial charge in [-0.15, -0.1) is 0 Å². The van der Waals surface area contributed by atoms with Crippen molar-refractivity contribution < 1.29 is 56.8 Å². The van der Waals surface area contributed by atoms with Crippen LogP contribution in [-0.4, -0.2) is 152 Å². The maximum Gasteiger partial charge on any atom is 0.119 e. The van der Waals surface area contributed by atoms with Crippen LogP contribution in [0.15, 0.2) is 30.3 Å². The molecule has 0 aliphatic rings. The first-order chi connectivity index (χ1) is 26.4. The van der Waals surface area contributed by atoms with Crippen LogP contribution >= 0.6 is 0 Å². The maximum absolute atomic E-state index is 5.66. The Morgan fingerprint density at radius 2 is 0.509 bits per heavy atom. The Labute approximate surface area is 322 Å². The average Bonchev–Trinajstić information content (AvgIpc) is 3.18. The molecule has 12 heteroatoms. The molecule has 0 N–H and O–H groups in total. The third-order valence-corrected chi connectivity index (χ3v) is 7.85. The van der Waals surface area contributed by atoms with Crippen LogP contribution in [0.5, 0.6) is 5.75 Å². The first-order valence-corrected chi connectivity index (χ1v) is 20.5. The predicted molar refractivity (Wildman–Crippen MR) is 207 cm³/mol. The summed E-state index contributed by atoms with van der Waals surface area (Å²) in [5.74, 6) is 0.846. The summed E-state index contributed by atoms with van der Waals surface area (Å²) in [7, 11) is 0. The third-order valence-electron chi connectivity index (χ3n) is 7.85. The molecule has 0 atom stereocenters. The fraction of sp³-hybridized carbons (Fsp3) is 0.854. The molecule has 1 rings (SSSR count). The van der Waals surface area contributed by atoms with Crippen LogP contribution in [0, 0.1) is 0 Å². The van der Waals surface area contributed by atoms with Crippen molar-refractivity contribution in [2.24, 2.45) is 0 Å². The van der Waals surface area contributed by atoms with E-state index in [1.165, 1.54) is 64.2 Å². The van der Waals surface area contributed by atoms with E-state index < -0.39 is 0 Å². The maximum atomic E-state index is 5.66. The lowest BCUT2D eigenvalue weighted by Crippen LogP contribution is -2.15. The lowest BCUT2D eigenvalue weighted by Gasteiger charge is -2.09. The molecule has 0 heterocycles. The van der Waals surface area contributed by atoms with Crippen molar-refractivity contribution in [2.45, 2.75) is 77.6 Å². The van der Waals surface area contributed by atoms with E-state index in [0.717, 1.165) is 18.8 Å². The number of benzene rings is 1. The Morgan fingerprint density at radius 3 is 0.811 bits per heavy atom. The first kappa shape index (κ1) is 49.6. The number of unbranched alkanes of at least 4 members (excludes halogenated alkanes) is 10. The molecule has 53 heavy (non-hydrogen) atoms. The van der Waals surface area contributed by atoms with Crippen molar-refractivity contribution in [2.75, 3.05) is 152 Å². The Balaban J connectivity index is 1.60. The Bertz CT molecular complexity index is 791. The number of para-hydroxylation sites is 1. The number of hydrogen-bond acceptors (Lipinski definition) is 12. The van der Waals surface area contributed by atoms with E-state index in [0.29, 0.717) is 145 Å². The van der Waals surface area contributed by atoms with Crippen molar-refractivity contribution in [3.05, 3.63) is 30.3 Å². The molecule has 0 amide bonds. The van der Waals surface area contributed by atoms with Crippen molar-refractivity contribution >= 4 is 0 Å². The number of ether oxygens (including phenoxy) is 12. The molecule has 0 saturated carbocycles. The lowest BCUT2D eigenvalue weighted by molar-refractivity contribution is -0.0277.